The number of aromatic nitrogens is 3. The molecule has 0 atom stereocenters. The maximum atomic E-state index is 13.7. The molecule has 2 aromatic heterocycles. The third-order valence-electron chi connectivity index (χ3n) is 6.78. The zero-order valence-corrected chi connectivity index (χ0v) is 20.1. The summed E-state index contributed by atoms with van der Waals surface area (Å²) >= 11 is 0. The Hall–Kier alpha value is -3.76. The van der Waals surface area contributed by atoms with E-state index in [0.29, 0.717) is 44.0 Å². The highest BCUT2D eigenvalue weighted by Crippen LogP contribution is 2.36. The Morgan fingerprint density at radius 3 is 2.56 bits per heavy atom. The third kappa shape index (κ3) is 4.45. The van der Waals surface area contributed by atoms with E-state index in [1.54, 1.807) is 36.0 Å². The Morgan fingerprint density at radius 2 is 1.83 bits per heavy atom. The van der Waals surface area contributed by atoms with Crippen molar-refractivity contribution in [3.05, 3.63) is 65.5 Å². The number of aryl methyl sites for hydroxylation is 1. The van der Waals surface area contributed by atoms with Gasteiger partial charge in [0.05, 0.1) is 25.8 Å². The second kappa shape index (κ2) is 9.36. The quantitative estimate of drug-likeness (QED) is 0.518. The van der Waals surface area contributed by atoms with Gasteiger partial charge in [0.15, 0.2) is 17.4 Å². The van der Waals surface area contributed by atoms with E-state index < -0.39 is 11.7 Å². The molecule has 0 unspecified atom stereocenters. The van der Waals surface area contributed by atoms with Gasteiger partial charge < -0.3 is 14.5 Å². The first kappa shape index (κ1) is 24.0. The van der Waals surface area contributed by atoms with E-state index in [1.807, 2.05) is 18.3 Å². The lowest BCUT2D eigenvalue weighted by atomic mass is 10.0. The van der Waals surface area contributed by atoms with Gasteiger partial charge in [-0.3, -0.25) is 9.58 Å². The van der Waals surface area contributed by atoms with Crippen LogP contribution in [0.2, 0.25) is 0 Å². The molecule has 3 aromatic rings. The number of rotatable bonds is 5. The summed E-state index contributed by atoms with van der Waals surface area (Å²) in [4.78, 5) is 23.4. The zero-order valence-electron chi connectivity index (χ0n) is 20.1. The van der Waals surface area contributed by atoms with Crippen molar-refractivity contribution >= 4 is 17.7 Å². The molecule has 1 aromatic carbocycles. The number of fused-ring (bicyclic) bond motifs is 1. The van der Waals surface area contributed by atoms with Gasteiger partial charge in [-0.25, -0.2) is 9.78 Å². The van der Waals surface area contributed by atoms with Crippen molar-refractivity contribution in [2.24, 2.45) is 7.05 Å². The standard InChI is InChI=1S/C25H27F3N6O2/c1-31-14-18-16-33(19-9-12-32(13-10-19)23-21(36-2)8-5-11-29-23)24(35)34(22(18)30-31)15-17-6-3-4-7-20(17)25(26,27)28/h3-8,11,14,19H,9-10,12-13,15-16H2,1-2H3. The molecular formula is C25H27F3N6O2. The highest BCUT2D eigenvalue weighted by Gasteiger charge is 2.40. The summed E-state index contributed by atoms with van der Waals surface area (Å²) in [7, 11) is 3.35. The van der Waals surface area contributed by atoms with Crippen molar-refractivity contribution in [3.8, 4) is 5.75 Å². The van der Waals surface area contributed by atoms with Crippen LogP contribution in [0.5, 0.6) is 5.75 Å². The topological polar surface area (TPSA) is 66.7 Å². The Bertz CT molecular complexity index is 1250. The number of anilines is 2. The first-order valence-corrected chi connectivity index (χ1v) is 11.8. The van der Waals surface area contributed by atoms with Gasteiger partial charge in [-0.15, -0.1) is 0 Å². The number of methoxy groups -OCH3 is 1. The average molecular weight is 501 g/mol. The molecule has 0 saturated carbocycles. The molecule has 0 N–H and O–H groups in total. The molecule has 1 saturated heterocycles. The molecule has 36 heavy (non-hydrogen) atoms. The van der Waals surface area contributed by atoms with E-state index in [-0.39, 0.29) is 24.2 Å². The van der Waals surface area contributed by atoms with Gasteiger partial charge in [-0.05, 0) is 36.6 Å². The van der Waals surface area contributed by atoms with Crippen LogP contribution in [-0.4, -0.2) is 51.9 Å². The fourth-order valence-corrected chi connectivity index (χ4v) is 5.06. The number of nitrogens with zero attached hydrogens (tertiary/aromatic N) is 6. The van der Waals surface area contributed by atoms with Crippen LogP contribution in [0, 0.1) is 0 Å². The predicted octanol–water partition coefficient (Wildman–Crippen LogP) is 4.45. The van der Waals surface area contributed by atoms with Gasteiger partial charge in [-0.1, -0.05) is 18.2 Å². The lowest BCUT2D eigenvalue weighted by molar-refractivity contribution is -0.138. The maximum Gasteiger partial charge on any atom is 0.416 e. The van der Waals surface area contributed by atoms with Crippen LogP contribution in [0.15, 0.2) is 48.8 Å². The van der Waals surface area contributed by atoms with Gasteiger partial charge in [0, 0.05) is 44.1 Å². The second-order valence-corrected chi connectivity index (χ2v) is 9.05. The highest BCUT2D eigenvalue weighted by molar-refractivity contribution is 5.94. The van der Waals surface area contributed by atoms with E-state index in [2.05, 4.69) is 15.0 Å². The molecule has 2 aliphatic rings. The van der Waals surface area contributed by atoms with Crippen LogP contribution in [0.1, 0.15) is 29.5 Å². The summed E-state index contributed by atoms with van der Waals surface area (Å²) in [6.45, 7) is 1.52. The Labute approximate surface area is 206 Å². The third-order valence-corrected chi connectivity index (χ3v) is 6.78. The number of amides is 2. The fraction of sp³-hybridized carbons (Fsp3) is 0.400. The van der Waals surface area contributed by atoms with Crippen molar-refractivity contribution in [2.75, 3.05) is 30.0 Å². The molecule has 4 heterocycles. The number of halogens is 3. The first-order valence-electron chi connectivity index (χ1n) is 11.8. The SMILES string of the molecule is COc1cccnc1N1CCC(N2Cc3cn(C)nc3N(Cc3ccccc3C(F)(F)F)C2=O)CC1. The van der Waals surface area contributed by atoms with Crippen LogP contribution in [0.3, 0.4) is 0 Å². The molecule has 0 bridgehead atoms. The van der Waals surface area contributed by atoms with Crippen LogP contribution < -0.4 is 14.5 Å². The molecule has 2 amide bonds. The molecular weight excluding hydrogens is 473 g/mol. The predicted molar refractivity (Wildman–Crippen MR) is 128 cm³/mol. The summed E-state index contributed by atoms with van der Waals surface area (Å²) < 4.78 is 48.0. The Morgan fingerprint density at radius 1 is 1.08 bits per heavy atom. The van der Waals surface area contributed by atoms with Gasteiger partial charge in [0.2, 0.25) is 0 Å². The van der Waals surface area contributed by atoms with Gasteiger partial charge >= 0.3 is 12.2 Å². The largest absolute Gasteiger partial charge is 0.493 e. The maximum absolute atomic E-state index is 13.7. The lowest BCUT2D eigenvalue weighted by Gasteiger charge is -2.43. The van der Waals surface area contributed by atoms with E-state index in [0.717, 1.165) is 17.4 Å². The van der Waals surface area contributed by atoms with Crippen LogP contribution in [-0.2, 0) is 26.3 Å². The number of piperidine rings is 1. The van der Waals surface area contributed by atoms with Crippen LogP contribution >= 0.6 is 0 Å². The zero-order chi connectivity index (χ0) is 25.4. The van der Waals surface area contributed by atoms with Crippen molar-refractivity contribution in [1.82, 2.24) is 19.7 Å². The minimum atomic E-state index is -4.51. The molecule has 0 radical (unpaired) electrons. The molecule has 0 spiro atoms. The van der Waals surface area contributed by atoms with E-state index >= 15 is 0 Å². The monoisotopic (exact) mass is 500 g/mol. The van der Waals surface area contributed by atoms with Crippen molar-refractivity contribution < 1.29 is 22.7 Å². The Kier molecular flexibility index (Phi) is 6.23. The second-order valence-electron chi connectivity index (χ2n) is 9.05. The summed E-state index contributed by atoms with van der Waals surface area (Å²) in [5.41, 5.74) is 0.106. The number of ether oxygens (including phenoxy) is 1. The molecule has 2 aliphatic heterocycles. The summed E-state index contributed by atoms with van der Waals surface area (Å²) in [6, 6.07) is 8.66. The molecule has 190 valence electrons. The Balaban J connectivity index is 1.38. The summed E-state index contributed by atoms with van der Waals surface area (Å²) in [5, 5.41) is 4.40. The molecule has 5 rings (SSSR count). The first-order chi connectivity index (χ1) is 17.3. The van der Waals surface area contributed by atoms with Crippen molar-refractivity contribution in [2.45, 2.75) is 38.1 Å². The number of hydrogen-bond donors (Lipinski definition) is 0. The van der Waals surface area contributed by atoms with Crippen LogP contribution in [0.25, 0.3) is 0 Å². The van der Waals surface area contributed by atoms with Crippen molar-refractivity contribution in [1.29, 1.82) is 0 Å². The number of urea groups is 1. The number of carbonyl (C=O) groups is 1. The van der Waals surface area contributed by atoms with E-state index in [4.69, 9.17) is 4.74 Å². The number of carbonyl (C=O) groups excluding carboxylic acids is 1. The highest BCUT2D eigenvalue weighted by atomic mass is 19.4. The number of benzene rings is 1. The number of hydrogen-bond acceptors (Lipinski definition) is 5. The summed E-state index contributed by atoms with van der Waals surface area (Å²) in [6.07, 6.45) is 0.438. The van der Waals surface area contributed by atoms with Gasteiger partial charge in [0.25, 0.3) is 0 Å². The van der Waals surface area contributed by atoms with Gasteiger partial charge in [0.1, 0.15) is 0 Å². The molecule has 1 fully saturated rings. The van der Waals surface area contributed by atoms with Crippen LogP contribution in [0.4, 0.5) is 29.6 Å². The van der Waals surface area contributed by atoms with E-state index in [9.17, 15) is 18.0 Å². The normalized spacial score (nSPS) is 16.9. The smallest absolute Gasteiger partial charge is 0.416 e. The fourth-order valence-electron chi connectivity index (χ4n) is 5.06. The average Bonchev–Trinajstić information content (AvgIpc) is 3.25. The number of pyridine rings is 1. The van der Waals surface area contributed by atoms with Gasteiger partial charge in [-0.2, -0.15) is 18.3 Å². The van der Waals surface area contributed by atoms with E-state index in [1.165, 1.54) is 17.0 Å². The minimum absolute atomic E-state index is 0.0360. The molecule has 0 aliphatic carbocycles. The molecule has 8 nitrogen and oxygen atoms in total. The summed E-state index contributed by atoms with van der Waals surface area (Å²) in [5.74, 6) is 1.87. The number of alkyl halides is 3. The lowest BCUT2D eigenvalue weighted by Crippen LogP contribution is -2.54. The van der Waals surface area contributed by atoms with Crippen molar-refractivity contribution in [3.63, 3.8) is 0 Å². The molecule has 11 heteroatoms. The minimum Gasteiger partial charge on any atom is -0.493 e.